The normalized spacial score (nSPS) is 14.3. The number of unbranched alkanes of at least 4 members (excludes halogenated alkanes) is 13. The molecule has 1 fully saturated rings. The van der Waals surface area contributed by atoms with Gasteiger partial charge in [0.25, 0.3) is 11.8 Å². The van der Waals surface area contributed by atoms with E-state index in [1.54, 1.807) is 20.8 Å². The number of imide groups is 1. The standard InChI is InChI=1S/C35H60N2O9/c1-34(2,3)44-31(41)22-20-18-16-14-12-10-8-7-9-11-13-15-17-19-21-28(38)36-27(33(43)45-35(4,5)6)23-26-32(42)46-37-29(39)24-25-30(37)40/h27H,7-26H2,1-6H3,(H,36,38). The summed E-state index contributed by atoms with van der Waals surface area (Å²) in [4.78, 5) is 77.4. The Morgan fingerprint density at radius 2 is 1.02 bits per heavy atom. The molecule has 0 aromatic carbocycles. The van der Waals surface area contributed by atoms with E-state index < -0.39 is 41.0 Å². The lowest BCUT2D eigenvalue weighted by atomic mass is 10.0. The second-order valence-electron chi connectivity index (χ2n) is 14.3. The van der Waals surface area contributed by atoms with E-state index in [0.29, 0.717) is 17.9 Å². The van der Waals surface area contributed by atoms with Crippen LogP contribution < -0.4 is 5.32 Å². The summed E-state index contributed by atoms with van der Waals surface area (Å²) in [5.41, 5.74) is -1.18. The van der Waals surface area contributed by atoms with Gasteiger partial charge in [-0.15, -0.1) is 5.06 Å². The molecule has 1 saturated heterocycles. The van der Waals surface area contributed by atoms with Gasteiger partial charge in [-0.05, 0) is 60.8 Å². The summed E-state index contributed by atoms with van der Waals surface area (Å²) >= 11 is 0. The number of nitrogens with zero attached hydrogens (tertiary/aromatic N) is 1. The van der Waals surface area contributed by atoms with Crippen LogP contribution in [0.25, 0.3) is 0 Å². The van der Waals surface area contributed by atoms with Crippen LogP contribution in [-0.2, 0) is 43.1 Å². The second-order valence-corrected chi connectivity index (χ2v) is 14.3. The second kappa shape index (κ2) is 21.7. The van der Waals surface area contributed by atoms with Crippen molar-refractivity contribution in [1.29, 1.82) is 0 Å². The van der Waals surface area contributed by atoms with E-state index in [0.717, 1.165) is 32.1 Å². The molecular formula is C35H60N2O9. The first-order valence-corrected chi connectivity index (χ1v) is 17.4. The van der Waals surface area contributed by atoms with E-state index >= 15 is 0 Å². The van der Waals surface area contributed by atoms with Crippen LogP contribution in [-0.4, -0.2) is 57.9 Å². The highest BCUT2D eigenvalue weighted by Crippen LogP contribution is 2.17. The van der Waals surface area contributed by atoms with Crippen molar-refractivity contribution >= 4 is 35.6 Å². The number of hydroxylamine groups is 2. The number of esters is 2. The third-order valence-corrected chi connectivity index (χ3v) is 7.32. The number of rotatable bonds is 23. The van der Waals surface area contributed by atoms with Crippen molar-refractivity contribution in [2.24, 2.45) is 0 Å². The smallest absolute Gasteiger partial charge is 0.333 e. The number of carbonyl (C=O) groups is 6. The van der Waals surface area contributed by atoms with Crippen molar-refractivity contribution in [3.8, 4) is 0 Å². The maximum atomic E-state index is 12.7. The molecule has 3 amide bonds. The Bertz CT molecular complexity index is 966. The third-order valence-electron chi connectivity index (χ3n) is 7.32. The summed E-state index contributed by atoms with van der Waals surface area (Å²) < 4.78 is 10.7. The van der Waals surface area contributed by atoms with Gasteiger partial charge in [0.1, 0.15) is 17.2 Å². The molecule has 0 bridgehead atoms. The van der Waals surface area contributed by atoms with Crippen LogP contribution in [0.5, 0.6) is 0 Å². The van der Waals surface area contributed by atoms with Crippen molar-refractivity contribution < 1.29 is 43.1 Å². The molecule has 1 rings (SSSR count). The molecule has 1 N–H and O–H groups in total. The van der Waals surface area contributed by atoms with Crippen LogP contribution in [0, 0.1) is 0 Å². The first-order chi connectivity index (χ1) is 21.6. The molecule has 264 valence electrons. The number of hydrogen-bond acceptors (Lipinski definition) is 9. The minimum absolute atomic E-state index is 0.00848. The minimum Gasteiger partial charge on any atom is -0.460 e. The summed E-state index contributed by atoms with van der Waals surface area (Å²) in [7, 11) is 0. The zero-order chi connectivity index (χ0) is 34.6. The van der Waals surface area contributed by atoms with Gasteiger partial charge in [-0.1, -0.05) is 77.0 Å². The Labute approximate surface area is 276 Å². The Kier molecular flexibility index (Phi) is 19.4. The SMILES string of the molecule is CC(C)(C)OC(=O)CCCCCCCCCCCCCCCCC(=O)NC(CCC(=O)ON1C(=O)CCC1=O)C(=O)OC(C)(C)C. The average molecular weight is 653 g/mol. The Hall–Kier alpha value is -2.98. The average Bonchev–Trinajstić information content (AvgIpc) is 3.25. The van der Waals surface area contributed by atoms with Crippen LogP contribution in [0.1, 0.15) is 170 Å². The van der Waals surface area contributed by atoms with Crippen LogP contribution in [0.2, 0.25) is 0 Å². The number of nitrogens with one attached hydrogen (secondary N) is 1. The van der Waals surface area contributed by atoms with E-state index in [4.69, 9.17) is 14.3 Å². The van der Waals surface area contributed by atoms with Crippen molar-refractivity contribution in [2.45, 2.75) is 187 Å². The molecule has 46 heavy (non-hydrogen) atoms. The molecule has 1 unspecified atom stereocenters. The van der Waals surface area contributed by atoms with Gasteiger partial charge in [0, 0.05) is 25.7 Å². The fraction of sp³-hybridized carbons (Fsp3) is 0.829. The molecule has 0 aliphatic carbocycles. The first kappa shape index (κ1) is 41.0. The molecule has 11 nitrogen and oxygen atoms in total. The molecule has 1 aliphatic rings. The fourth-order valence-electron chi connectivity index (χ4n) is 5.02. The van der Waals surface area contributed by atoms with E-state index in [-0.39, 0.29) is 44.0 Å². The summed E-state index contributed by atoms with van der Waals surface area (Å²) in [6.07, 6.45) is 16.0. The van der Waals surface area contributed by atoms with Gasteiger partial charge in [0.2, 0.25) is 5.91 Å². The van der Waals surface area contributed by atoms with Crippen molar-refractivity contribution in [2.75, 3.05) is 0 Å². The number of ether oxygens (including phenoxy) is 2. The fourth-order valence-corrected chi connectivity index (χ4v) is 5.02. The van der Waals surface area contributed by atoms with Crippen LogP contribution >= 0.6 is 0 Å². The van der Waals surface area contributed by atoms with Crippen LogP contribution in [0.4, 0.5) is 0 Å². The lowest BCUT2D eigenvalue weighted by molar-refractivity contribution is -0.197. The van der Waals surface area contributed by atoms with Crippen LogP contribution in [0.3, 0.4) is 0 Å². The lowest BCUT2D eigenvalue weighted by Gasteiger charge is -2.24. The van der Waals surface area contributed by atoms with Gasteiger partial charge in [-0.2, -0.15) is 0 Å². The maximum Gasteiger partial charge on any atom is 0.333 e. The summed E-state index contributed by atoms with van der Waals surface area (Å²) in [5.74, 6) is -3.05. The maximum absolute atomic E-state index is 12.7. The topological polar surface area (TPSA) is 145 Å². The number of hydrogen-bond donors (Lipinski definition) is 1. The molecule has 1 aliphatic heterocycles. The molecule has 0 spiro atoms. The minimum atomic E-state index is -1.05. The largest absolute Gasteiger partial charge is 0.460 e. The zero-order valence-electron chi connectivity index (χ0n) is 29.3. The van der Waals surface area contributed by atoms with Gasteiger partial charge >= 0.3 is 17.9 Å². The Balaban J connectivity index is 2.14. The Morgan fingerprint density at radius 1 is 0.609 bits per heavy atom. The predicted octanol–water partition coefficient (Wildman–Crippen LogP) is 6.78. The highest BCUT2D eigenvalue weighted by molar-refractivity contribution is 6.01. The zero-order valence-corrected chi connectivity index (χ0v) is 29.3. The molecular weight excluding hydrogens is 592 g/mol. The van der Waals surface area contributed by atoms with Gasteiger partial charge < -0.3 is 19.6 Å². The number of amides is 3. The highest BCUT2D eigenvalue weighted by atomic mass is 16.7. The van der Waals surface area contributed by atoms with E-state index in [9.17, 15) is 28.8 Å². The molecule has 0 saturated carbocycles. The predicted molar refractivity (Wildman–Crippen MR) is 174 cm³/mol. The van der Waals surface area contributed by atoms with Crippen molar-refractivity contribution in [1.82, 2.24) is 10.4 Å². The molecule has 1 heterocycles. The molecule has 1 atom stereocenters. The summed E-state index contributed by atoms with van der Waals surface area (Å²) in [5, 5.41) is 3.14. The van der Waals surface area contributed by atoms with Crippen LogP contribution in [0.15, 0.2) is 0 Å². The van der Waals surface area contributed by atoms with Crippen molar-refractivity contribution in [3.63, 3.8) is 0 Å². The quantitative estimate of drug-likeness (QED) is 0.0717. The van der Waals surface area contributed by atoms with Gasteiger partial charge in [-0.3, -0.25) is 19.2 Å². The van der Waals surface area contributed by atoms with Gasteiger partial charge in [-0.25, -0.2) is 9.59 Å². The first-order valence-electron chi connectivity index (χ1n) is 17.4. The lowest BCUT2D eigenvalue weighted by Crippen LogP contribution is -2.44. The molecule has 0 aromatic heterocycles. The molecule has 0 aromatic rings. The molecule has 0 radical (unpaired) electrons. The monoisotopic (exact) mass is 652 g/mol. The highest BCUT2D eigenvalue weighted by Gasteiger charge is 2.33. The van der Waals surface area contributed by atoms with Crippen molar-refractivity contribution in [3.05, 3.63) is 0 Å². The number of carbonyl (C=O) groups excluding carboxylic acids is 6. The van der Waals surface area contributed by atoms with E-state index in [2.05, 4.69) is 5.32 Å². The van der Waals surface area contributed by atoms with Gasteiger partial charge in [0.15, 0.2) is 0 Å². The Morgan fingerprint density at radius 3 is 1.46 bits per heavy atom. The molecule has 11 heteroatoms. The van der Waals surface area contributed by atoms with E-state index in [1.807, 2.05) is 20.8 Å². The third kappa shape index (κ3) is 20.9. The van der Waals surface area contributed by atoms with E-state index in [1.165, 1.54) is 51.4 Å². The van der Waals surface area contributed by atoms with Gasteiger partial charge in [0.05, 0.1) is 6.42 Å². The summed E-state index contributed by atoms with van der Waals surface area (Å²) in [6.45, 7) is 10.8. The summed E-state index contributed by atoms with van der Waals surface area (Å²) in [6, 6.07) is -1.05.